The average molecular weight is 268 g/mol. The molecule has 4 heteroatoms. The Balaban J connectivity index is 1.62. The molecule has 0 amide bonds. The van der Waals surface area contributed by atoms with E-state index >= 15 is 0 Å². The van der Waals surface area contributed by atoms with Crippen molar-refractivity contribution in [1.82, 2.24) is 14.8 Å². The van der Waals surface area contributed by atoms with Crippen molar-refractivity contribution in [3.05, 3.63) is 42.0 Å². The summed E-state index contributed by atoms with van der Waals surface area (Å²) in [4.78, 5) is 0. The van der Waals surface area contributed by atoms with Gasteiger partial charge in [0.05, 0.1) is 0 Å². The van der Waals surface area contributed by atoms with Crippen LogP contribution < -0.4 is 5.32 Å². The first-order valence-corrected chi connectivity index (χ1v) is 7.63. The molecule has 0 saturated heterocycles. The summed E-state index contributed by atoms with van der Waals surface area (Å²) in [5.41, 5.74) is 2.67. The molecule has 104 valence electrons. The standard InChI is InChI=1S/C16H20N4/c1-4-8-15-12(5-1)9-13(10-17-15)16-19-18-11-20(16)14-6-2-3-7-14/h1,4-5,8,11,13-14,17H,2-3,6-7,9-10H2. The highest BCUT2D eigenvalue weighted by Crippen LogP contribution is 2.34. The molecule has 1 atom stereocenters. The van der Waals surface area contributed by atoms with Crippen LogP contribution in [0, 0.1) is 0 Å². The fourth-order valence-corrected chi connectivity index (χ4v) is 3.63. The fourth-order valence-electron chi connectivity index (χ4n) is 3.63. The van der Waals surface area contributed by atoms with Gasteiger partial charge in [0.1, 0.15) is 12.2 Å². The van der Waals surface area contributed by atoms with E-state index in [4.69, 9.17) is 0 Å². The van der Waals surface area contributed by atoms with Crippen LogP contribution in [-0.2, 0) is 6.42 Å². The van der Waals surface area contributed by atoms with Gasteiger partial charge < -0.3 is 9.88 Å². The van der Waals surface area contributed by atoms with Gasteiger partial charge >= 0.3 is 0 Å². The number of rotatable bonds is 2. The van der Waals surface area contributed by atoms with E-state index in [1.807, 2.05) is 6.33 Å². The van der Waals surface area contributed by atoms with Crippen LogP contribution >= 0.6 is 0 Å². The van der Waals surface area contributed by atoms with E-state index in [2.05, 4.69) is 44.3 Å². The van der Waals surface area contributed by atoms with Crippen molar-refractivity contribution in [2.45, 2.75) is 44.1 Å². The second kappa shape index (κ2) is 4.93. The Labute approximate surface area is 119 Å². The van der Waals surface area contributed by atoms with Gasteiger partial charge in [0.2, 0.25) is 0 Å². The molecule has 1 saturated carbocycles. The predicted octanol–water partition coefficient (Wildman–Crippen LogP) is 3.15. The minimum Gasteiger partial charge on any atom is -0.384 e. The number of benzene rings is 1. The van der Waals surface area contributed by atoms with E-state index in [1.165, 1.54) is 42.8 Å². The predicted molar refractivity (Wildman–Crippen MR) is 78.9 cm³/mol. The van der Waals surface area contributed by atoms with Gasteiger partial charge in [-0.3, -0.25) is 0 Å². The quantitative estimate of drug-likeness (QED) is 0.910. The monoisotopic (exact) mass is 268 g/mol. The number of aromatic nitrogens is 3. The second-order valence-electron chi connectivity index (χ2n) is 5.97. The van der Waals surface area contributed by atoms with Crippen LogP contribution in [-0.4, -0.2) is 21.3 Å². The van der Waals surface area contributed by atoms with Crippen LogP contribution in [0.4, 0.5) is 5.69 Å². The van der Waals surface area contributed by atoms with Gasteiger partial charge in [-0.05, 0) is 30.9 Å². The second-order valence-corrected chi connectivity index (χ2v) is 5.97. The van der Waals surface area contributed by atoms with E-state index in [0.29, 0.717) is 12.0 Å². The summed E-state index contributed by atoms with van der Waals surface area (Å²) in [7, 11) is 0. The van der Waals surface area contributed by atoms with Crippen molar-refractivity contribution >= 4 is 5.69 Å². The van der Waals surface area contributed by atoms with E-state index in [0.717, 1.165) is 13.0 Å². The van der Waals surface area contributed by atoms with E-state index in [-0.39, 0.29) is 0 Å². The molecule has 1 aliphatic heterocycles. The summed E-state index contributed by atoms with van der Waals surface area (Å²) < 4.78 is 2.34. The molecule has 0 radical (unpaired) electrons. The number of hydrogen-bond acceptors (Lipinski definition) is 3. The highest BCUT2D eigenvalue weighted by atomic mass is 15.3. The summed E-state index contributed by atoms with van der Waals surface area (Å²) >= 11 is 0. The molecular formula is C16H20N4. The molecule has 2 heterocycles. The van der Waals surface area contributed by atoms with Crippen molar-refractivity contribution in [1.29, 1.82) is 0 Å². The maximum atomic E-state index is 4.43. The Kier molecular flexibility index (Phi) is 2.94. The molecule has 0 spiro atoms. The van der Waals surface area contributed by atoms with E-state index in [9.17, 15) is 0 Å². The normalized spacial score (nSPS) is 22.5. The minimum absolute atomic E-state index is 0.438. The van der Waals surface area contributed by atoms with E-state index in [1.54, 1.807) is 0 Å². The first-order chi connectivity index (χ1) is 9.92. The molecule has 1 aliphatic carbocycles. The maximum Gasteiger partial charge on any atom is 0.138 e. The van der Waals surface area contributed by atoms with Crippen molar-refractivity contribution < 1.29 is 0 Å². The third-order valence-electron chi connectivity index (χ3n) is 4.71. The van der Waals surface area contributed by atoms with Gasteiger partial charge in [-0.2, -0.15) is 0 Å². The first kappa shape index (κ1) is 11.9. The summed E-state index contributed by atoms with van der Waals surface area (Å²) in [6, 6.07) is 9.20. The van der Waals surface area contributed by atoms with Crippen molar-refractivity contribution in [3.8, 4) is 0 Å². The molecule has 1 unspecified atom stereocenters. The molecule has 20 heavy (non-hydrogen) atoms. The average Bonchev–Trinajstić information content (AvgIpc) is 3.17. The number of nitrogens with one attached hydrogen (secondary N) is 1. The van der Waals surface area contributed by atoms with Crippen molar-refractivity contribution in [2.24, 2.45) is 0 Å². The molecule has 1 aromatic carbocycles. The summed E-state index contributed by atoms with van der Waals surface area (Å²) in [6.45, 7) is 0.961. The third kappa shape index (κ3) is 1.99. The molecular weight excluding hydrogens is 248 g/mol. The zero-order valence-electron chi connectivity index (χ0n) is 11.6. The van der Waals surface area contributed by atoms with E-state index < -0.39 is 0 Å². The van der Waals surface area contributed by atoms with Gasteiger partial charge in [-0.25, -0.2) is 0 Å². The summed E-state index contributed by atoms with van der Waals surface area (Å²) in [5.74, 6) is 1.60. The lowest BCUT2D eigenvalue weighted by Gasteiger charge is -2.27. The Morgan fingerprint density at radius 1 is 1.15 bits per heavy atom. The lowest BCUT2D eigenvalue weighted by Crippen LogP contribution is -2.25. The van der Waals surface area contributed by atoms with Gasteiger partial charge in [0, 0.05) is 24.2 Å². The molecule has 4 nitrogen and oxygen atoms in total. The highest BCUT2D eigenvalue weighted by Gasteiger charge is 2.27. The highest BCUT2D eigenvalue weighted by molar-refractivity contribution is 5.54. The Hall–Kier alpha value is -1.84. The Morgan fingerprint density at radius 3 is 2.90 bits per heavy atom. The lowest BCUT2D eigenvalue weighted by atomic mass is 9.93. The maximum absolute atomic E-state index is 4.43. The molecule has 4 rings (SSSR count). The zero-order chi connectivity index (χ0) is 13.4. The molecule has 2 aromatic rings. The number of nitrogens with zero attached hydrogens (tertiary/aromatic N) is 3. The van der Waals surface area contributed by atoms with Crippen LogP contribution in [0.3, 0.4) is 0 Å². The molecule has 1 aromatic heterocycles. The van der Waals surface area contributed by atoms with Gasteiger partial charge in [0.25, 0.3) is 0 Å². The minimum atomic E-state index is 0.438. The SMILES string of the molecule is c1ccc2c(c1)CC(c1nncn1C1CCCC1)CN2. The Morgan fingerprint density at radius 2 is 2.00 bits per heavy atom. The van der Waals surface area contributed by atoms with Crippen LogP contribution in [0.25, 0.3) is 0 Å². The van der Waals surface area contributed by atoms with Crippen LogP contribution in [0.15, 0.2) is 30.6 Å². The zero-order valence-corrected chi connectivity index (χ0v) is 11.6. The fraction of sp³-hybridized carbons (Fsp3) is 0.500. The smallest absolute Gasteiger partial charge is 0.138 e. The molecule has 1 N–H and O–H groups in total. The largest absolute Gasteiger partial charge is 0.384 e. The third-order valence-corrected chi connectivity index (χ3v) is 4.71. The number of anilines is 1. The topological polar surface area (TPSA) is 42.7 Å². The number of para-hydroxylation sites is 1. The molecule has 0 bridgehead atoms. The number of hydrogen-bond donors (Lipinski definition) is 1. The summed E-state index contributed by atoms with van der Waals surface area (Å²) in [5, 5.41) is 12.2. The Bertz CT molecular complexity index is 598. The molecule has 2 aliphatic rings. The van der Waals surface area contributed by atoms with Crippen molar-refractivity contribution in [2.75, 3.05) is 11.9 Å². The number of fused-ring (bicyclic) bond motifs is 1. The summed E-state index contributed by atoms with van der Waals surface area (Å²) in [6.07, 6.45) is 8.24. The van der Waals surface area contributed by atoms with Gasteiger partial charge in [0.15, 0.2) is 0 Å². The van der Waals surface area contributed by atoms with Crippen molar-refractivity contribution in [3.63, 3.8) is 0 Å². The van der Waals surface area contributed by atoms with Gasteiger partial charge in [-0.1, -0.05) is 31.0 Å². The molecule has 1 fully saturated rings. The van der Waals surface area contributed by atoms with Gasteiger partial charge in [-0.15, -0.1) is 10.2 Å². The van der Waals surface area contributed by atoms with Crippen LogP contribution in [0.5, 0.6) is 0 Å². The lowest BCUT2D eigenvalue weighted by molar-refractivity contribution is 0.473. The van der Waals surface area contributed by atoms with Crippen LogP contribution in [0.1, 0.15) is 49.0 Å². The first-order valence-electron chi connectivity index (χ1n) is 7.63. The van der Waals surface area contributed by atoms with Crippen LogP contribution in [0.2, 0.25) is 0 Å².